The van der Waals surface area contributed by atoms with Gasteiger partial charge in [-0.2, -0.15) is 0 Å². The predicted molar refractivity (Wildman–Crippen MR) is 110 cm³/mol. The van der Waals surface area contributed by atoms with Crippen molar-refractivity contribution in [1.29, 1.82) is 0 Å². The molecule has 1 aromatic rings. The molecule has 1 amide bonds. The molecule has 0 radical (unpaired) electrons. The van der Waals surface area contributed by atoms with Crippen LogP contribution in [-0.4, -0.2) is 56.7 Å². The number of aliphatic imine (C=N–C) groups is 1. The van der Waals surface area contributed by atoms with Crippen LogP contribution in [0.4, 0.5) is 0 Å². The third kappa shape index (κ3) is 5.23. The summed E-state index contributed by atoms with van der Waals surface area (Å²) >= 11 is 0. The highest BCUT2D eigenvalue weighted by atomic mass is 16.2. The van der Waals surface area contributed by atoms with E-state index in [1.165, 1.54) is 25.7 Å². The minimum atomic E-state index is 0.0699. The maximum Gasteiger partial charge on any atom is 0.225 e. The minimum absolute atomic E-state index is 0.0699. The van der Waals surface area contributed by atoms with Gasteiger partial charge in [0.15, 0.2) is 11.8 Å². The van der Waals surface area contributed by atoms with Crippen molar-refractivity contribution < 1.29 is 4.79 Å². The maximum atomic E-state index is 12.2. The van der Waals surface area contributed by atoms with Crippen molar-refractivity contribution in [3.05, 3.63) is 11.6 Å². The van der Waals surface area contributed by atoms with Crippen LogP contribution in [0, 0.1) is 12.8 Å². The van der Waals surface area contributed by atoms with Gasteiger partial charge in [0.25, 0.3) is 0 Å². The Kier molecular flexibility index (Phi) is 6.91. The van der Waals surface area contributed by atoms with Crippen molar-refractivity contribution >= 4 is 11.9 Å². The molecular formula is C20H35N7O. The number of guanidine groups is 1. The molecule has 0 spiro atoms. The molecule has 8 heteroatoms. The van der Waals surface area contributed by atoms with Crippen LogP contribution in [0.1, 0.15) is 64.0 Å². The van der Waals surface area contributed by atoms with Crippen molar-refractivity contribution in [3.8, 4) is 0 Å². The number of hydrogen-bond acceptors (Lipinski definition) is 4. The predicted octanol–water partition coefficient (Wildman–Crippen LogP) is 1.75. The summed E-state index contributed by atoms with van der Waals surface area (Å²) in [4.78, 5) is 19.0. The number of aryl methyl sites for hydroxylation is 1. The van der Waals surface area contributed by atoms with Crippen molar-refractivity contribution in [2.45, 2.75) is 77.9 Å². The van der Waals surface area contributed by atoms with Gasteiger partial charge < -0.3 is 20.1 Å². The first-order valence-corrected chi connectivity index (χ1v) is 10.6. The second kappa shape index (κ2) is 9.39. The fourth-order valence-electron chi connectivity index (χ4n) is 3.94. The van der Waals surface area contributed by atoms with Crippen LogP contribution >= 0.6 is 0 Å². The van der Waals surface area contributed by atoms with Crippen LogP contribution in [0.25, 0.3) is 0 Å². The van der Waals surface area contributed by atoms with Gasteiger partial charge >= 0.3 is 0 Å². The third-order valence-electron chi connectivity index (χ3n) is 5.90. The number of amides is 1. The van der Waals surface area contributed by atoms with Gasteiger partial charge in [-0.3, -0.25) is 4.79 Å². The zero-order valence-electron chi connectivity index (χ0n) is 17.7. The summed E-state index contributed by atoms with van der Waals surface area (Å²) in [6, 6.07) is 0.834. The van der Waals surface area contributed by atoms with E-state index in [4.69, 9.17) is 4.99 Å². The van der Waals surface area contributed by atoms with Crippen molar-refractivity contribution in [2.24, 2.45) is 18.0 Å². The average molecular weight is 390 g/mol. The van der Waals surface area contributed by atoms with E-state index in [2.05, 4.69) is 20.8 Å². The van der Waals surface area contributed by atoms with E-state index < -0.39 is 0 Å². The van der Waals surface area contributed by atoms with Gasteiger partial charge in [0, 0.05) is 38.1 Å². The Morgan fingerprint density at radius 2 is 1.71 bits per heavy atom. The van der Waals surface area contributed by atoms with Crippen LogP contribution in [-0.2, 0) is 18.4 Å². The van der Waals surface area contributed by atoms with E-state index in [0.717, 1.165) is 43.5 Å². The molecule has 1 saturated carbocycles. The number of nitrogens with one attached hydrogen (secondary N) is 2. The molecule has 2 heterocycles. The number of aromatic nitrogens is 3. The highest BCUT2D eigenvalue weighted by Crippen LogP contribution is 2.18. The van der Waals surface area contributed by atoms with Crippen LogP contribution in [0.15, 0.2) is 4.99 Å². The standard InChI is InChI=1S/C20H35N7O/c1-14(2)19(28)27-11-9-17(10-12-27)23-20(22-16-7-5-6-8-16)21-13-18-25-24-15(3)26(18)4/h14,16-17H,5-13H2,1-4H3,(H2,21,22,23). The molecule has 0 unspecified atom stereocenters. The summed E-state index contributed by atoms with van der Waals surface area (Å²) in [5.41, 5.74) is 0. The quantitative estimate of drug-likeness (QED) is 0.592. The first kappa shape index (κ1) is 20.6. The molecule has 1 aliphatic heterocycles. The van der Waals surface area contributed by atoms with Gasteiger partial charge in [-0.1, -0.05) is 26.7 Å². The topological polar surface area (TPSA) is 87.4 Å². The van der Waals surface area contributed by atoms with E-state index in [0.29, 0.717) is 18.6 Å². The lowest BCUT2D eigenvalue weighted by molar-refractivity contribution is -0.135. The average Bonchev–Trinajstić information content (AvgIpc) is 3.30. The van der Waals surface area contributed by atoms with E-state index in [9.17, 15) is 4.79 Å². The van der Waals surface area contributed by atoms with Gasteiger partial charge in [-0.25, -0.2) is 4.99 Å². The third-order valence-corrected chi connectivity index (χ3v) is 5.90. The number of likely N-dealkylation sites (tertiary alicyclic amines) is 1. The summed E-state index contributed by atoms with van der Waals surface area (Å²) < 4.78 is 1.98. The van der Waals surface area contributed by atoms with Gasteiger partial charge in [0.05, 0.1) is 0 Å². The Hall–Kier alpha value is -2.12. The lowest BCUT2D eigenvalue weighted by Crippen LogP contribution is -2.51. The second-order valence-electron chi connectivity index (χ2n) is 8.41. The van der Waals surface area contributed by atoms with Crippen LogP contribution in [0.3, 0.4) is 0 Å². The molecule has 0 bridgehead atoms. The summed E-state index contributed by atoms with van der Waals surface area (Å²) in [6.07, 6.45) is 6.86. The summed E-state index contributed by atoms with van der Waals surface area (Å²) in [7, 11) is 1.97. The molecule has 1 saturated heterocycles. The highest BCUT2D eigenvalue weighted by molar-refractivity contribution is 5.80. The molecule has 0 atom stereocenters. The number of nitrogens with zero attached hydrogens (tertiary/aromatic N) is 5. The van der Waals surface area contributed by atoms with Crippen molar-refractivity contribution in [3.63, 3.8) is 0 Å². The fourth-order valence-corrected chi connectivity index (χ4v) is 3.94. The molecule has 2 N–H and O–H groups in total. The highest BCUT2D eigenvalue weighted by Gasteiger charge is 2.25. The molecule has 2 fully saturated rings. The monoisotopic (exact) mass is 389 g/mol. The number of rotatable bonds is 5. The second-order valence-corrected chi connectivity index (χ2v) is 8.41. The number of piperidine rings is 1. The van der Waals surface area contributed by atoms with Gasteiger partial charge in [0.2, 0.25) is 5.91 Å². The maximum absolute atomic E-state index is 12.2. The first-order valence-electron chi connectivity index (χ1n) is 10.6. The summed E-state index contributed by atoms with van der Waals surface area (Å²) in [6.45, 7) is 8.02. The molecule has 156 valence electrons. The van der Waals surface area contributed by atoms with Crippen LogP contribution in [0.5, 0.6) is 0 Å². The Bertz CT molecular complexity index is 683. The SMILES string of the molecule is Cc1nnc(CN=C(NC2CCCC2)NC2CCN(C(=O)C(C)C)CC2)n1C. The summed E-state index contributed by atoms with van der Waals surface area (Å²) in [5.74, 6) is 2.95. The number of carbonyl (C=O) groups excluding carboxylic acids is 1. The zero-order valence-corrected chi connectivity index (χ0v) is 17.7. The van der Waals surface area contributed by atoms with Gasteiger partial charge in [0.1, 0.15) is 12.4 Å². The first-order chi connectivity index (χ1) is 13.4. The molecule has 1 aromatic heterocycles. The van der Waals surface area contributed by atoms with Gasteiger partial charge in [-0.05, 0) is 32.6 Å². The Balaban J connectivity index is 1.60. The fraction of sp³-hybridized carbons (Fsp3) is 0.800. The van der Waals surface area contributed by atoms with E-state index >= 15 is 0 Å². The lowest BCUT2D eigenvalue weighted by Gasteiger charge is -2.34. The molecule has 28 heavy (non-hydrogen) atoms. The summed E-state index contributed by atoms with van der Waals surface area (Å²) in [5, 5.41) is 15.6. The largest absolute Gasteiger partial charge is 0.354 e. The Labute approximate surface area is 168 Å². The van der Waals surface area contributed by atoms with E-state index in [1.807, 2.05) is 37.3 Å². The van der Waals surface area contributed by atoms with Crippen LogP contribution in [0.2, 0.25) is 0 Å². The molecule has 3 rings (SSSR count). The minimum Gasteiger partial charge on any atom is -0.354 e. The molecule has 1 aliphatic carbocycles. The Morgan fingerprint density at radius 1 is 1.11 bits per heavy atom. The number of hydrogen-bond donors (Lipinski definition) is 2. The zero-order chi connectivity index (χ0) is 20.1. The van der Waals surface area contributed by atoms with Crippen LogP contribution < -0.4 is 10.6 Å². The molecule has 8 nitrogen and oxygen atoms in total. The molecule has 0 aromatic carbocycles. The van der Waals surface area contributed by atoms with E-state index in [-0.39, 0.29) is 11.8 Å². The smallest absolute Gasteiger partial charge is 0.225 e. The number of carbonyl (C=O) groups is 1. The van der Waals surface area contributed by atoms with Gasteiger partial charge in [-0.15, -0.1) is 10.2 Å². The van der Waals surface area contributed by atoms with Crippen molar-refractivity contribution in [1.82, 2.24) is 30.3 Å². The molecule has 2 aliphatic rings. The van der Waals surface area contributed by atoms with E-state index in [1.54, 1.807) is 0 Å². The normalized spacial score (nSPS) is 19.5. The lowest BCUT2D eigenvalue weighted by atomic mass is 10.0. The van der Waals surface area contributed by atoms with Crippen molar-refractivity contribution in [2.75, 3.05) is 13.1 Å². The molecular weight excluding hydrogens is 354 g/mol. The Morgan fingerprint density at radius 3 is 2.25 bits per heavy atom.